The van der Waals surface area contributed by atoms with Crippen molar-refractivity contribution in [2.45, 2.75) is 40.2 Å². The van der Waals surface area contributed by atoms with E-state index in [1.54, 1.807) is 34.6 Å². The fourth-order valence-corrected chi connectivity index (χ4v) is 1.65. The Morgan fingerprint density at radius 2 is 1.86 bits per heavy atom. The van der Waals surface area contributed by atoms with Gasteiger partial charge in [-0.3, -0.25) is 9.59 Å². The van der Waals surface area contributed by atoms with Gasteiger partial charge in [0.15, 0.2) is 6.20 Å². The lowest BCUT2D eigenvalue weighted by Gasteiger charge is -2.27. The number of ether oxygens (including phenoxy) is 1. The van der Waals surface area contributed by atoms with Gasteiger partial charge in [0, 0.05) is 6.07 Å². The van der Waals surface area contributed by atoms with E-state index in [0.717, 1.165) is 6.20 Å². The Morgan fingerprint density at radius 3 is 2.36 bits per heavy atom. The van der Waals surface area contributed by atoms with Gasteiger partial charge in [0.05, 0.1) is 11.0 Å². The van der Waals surface area contributed by atoms with Crippen LogP contribution in [0, 0.1) is 10.6 Å². The zero-order valence-electron chi connectivity index (χ0n) is 13.4. The van der Waals surface area contributed by atoms with Crippen molar-refractivity contribution in [1.29, 1.82) is 0 Å². The summed E-state index contributed by atoms with van der Waals surface area (Å²) in [5, 5.41) is 14.6. The SMILES string of the molecule is CC(C)(COC(=O)C(C)(C)C)NC(=O)c1ccc(Cl)c[n+]1[O-]. The van der Waals surface area contributed by atoms with Crippen LogP contribution in [0.15, 0.2) is 18.3 Å². The molecular weight excluding hydrogens is 308 g/mol. The second-order valence-electron chi connectivity index (χ2n) is 6.72. The third-order valence-corrected chi connectivity index (χ3v) is 2.96. The van der Waals surface area contributed by atoms with Crippen LogP contribution in [0.5, 0.6) is 0 Å². The van der Waals surface area contributed by atoms with E-state index in [-0.39, 0.29) is 23.3 Å². The van der Waals surface area contributed by atoms with Gasteiger partial charge < -0.3 is 15.3 Å². The first-order valence-electron chi connectivity index (χ1n) is 6.81. The van der Waals surface area contributed by atoms with Crippen LogP contribution >= 0.6 is 11.6 Å². The molecule has 1 aromatic rings. The molecule has 0 saturated carbocycles. The summed E-state index contributed by atoms with van der Waals surface area (Å²) >= 11 is 5.67. The number of aromatic nitrogens is 1. The number of hydrogen-bond acceptors (Lipinski definition) is 4. The fraction of sp³-hybridized carbons (Fsp3) is 0.533. The summed E-state index contributed by atoms with van der Waals surface area (Å²) < 4.78 is 5.60. The first-order chi connectivity index (χ1) is 9.92. The molecule has 0 fully saturated rings. The van der Waals surface area contributed by atoms with Gasteiger partial charge in [-0.15, -0.1) is 0 Å². The third-order valence-electron chi connectivity index (χ3n) is 2.74. The highest BCUT2D eigenvalue weighted by molar-refractivity contribution is 6.30. The van der Waals surface area contributed by atoms with E-state index in [9.17, 15) is 14.8 Å². The first-order valence-corrected chi connectivity index (χ1v) is 7.19. The van der Waals surface area contributed by atoms with E-state index in [1.807, 2.05) is 0 Å². The lowest BCUT2D eigenvalue weighted by molar-refractivity contribution is -0.607. The zero-order valence-corrected chi connectivity index (χ0v) is 14.2. The Hall–Kier alpha value is -1.82. The van der Waals surface area contributed by atoms with Crippen molar-refractivity contribution < 1.29 is 19.1 Å². The number of nitrogens with one attached hydrogen (secondary N) is 1. The number of nitrogens with zero attached hydrogens (tertiary/aromatic N) is 1. The Bertz CT molecular complexity index is 579. The van der Waals surface area contributed by atoms with Crippen LogP contribution in [0.25, 0.3) is 0 Å². The third kappa shape index (κ3) is 5.18. The molecule has 1 aromatic heterocycles. The van der Waals surface area contributed by atoms with Crippen LogP contribution < -0.4 is 10.0 Å². The number of rotatable bonds is 4. The molecule has 6 nitrogen and oxygen atoms in total. The molecule has 1 heterocycles. The van der Waals surface area contributed by atoms with Crippen LogP contribution in [0.2, 0.25) is 5.02 Å². The average Bonchev–Trinajstić information content (AvgIpc) is 2.33. The predicted octanol–water partition coefficient (Wildman–Crippen LogP) is 2.07. The molecule has 0 bridgehead atoms. The summed E-state index contributed by atoms with van der Waals surface area (Å²) in [6, 6.07) is 2.79. The van der Waals surface area contributed by atoms with E-state index in [1.165, 1.54) is 12.1 Å². The summed E-state index contributed by atoms with van der Waals surface area (Å²) in [5.41, 5.74) is -1.52. The molecule has 0 aromatic carbocycles. The molecule has 1 N–H and O–H groups in total. The molecule has 122 valence electrons. The van der Waals surface area contributed by atoms with Gasteiger partial charge in [-0.1, -0.05) is 11.6 Å². The summed E-state index contributed by atoms with van der Waals surface area (Å²) in [7, 11) is 0. The minimum Gasteiger partial charge on any atom is -0.618 e. The van der Waals surface area contributed by atoms with Crippen LogP contribution in [0.3, 0.4) is 0 Å². The first kappa shape index (κ1) is 18.2. The van der Waals surface area contributed by atoms with Crippen molar-refractivity contribution in [3.63, 3.8) is 0 Å². The summed E-state index contributed by atoms with van der Waals surface area (Å²) in [5.74, 6) is -0.927. The predicted molar refractivity (Wildman–Crippen MR) is 82.4 cm³/mol. The normalized spacial score (nSPS) is 11.9. The Morgan fingerprint density at radius 1 is 1.27 bits per heavy atom. The Balaban J connectivity index is 2.71. The maximum absolute atomic E-state index is 12.1. The minimum absolute atomic E-state index is 0.00128. The van der Waals surface area contributed by atoms with Gasteiger partial charge >= 0.3 is 11.9 Å². The summed E-state index contributed by atoms with van der Waals surface area (Å²) in [6.45, 7) is 8.64. The number of esters is 1. The maximum atomic E-state index is 12.1. The van der Waals surface area contributed by atoms with Crippen LogP contribution in [-0.2, 0) is 9.53 Å². The Labute approximate surface area is 135 Å². The monoisotopic (exact) mass is 328 g/mol. The highest BCUT2D eigenvalue weighted by Gasteiger charge is 2.29. The van der Waals surface area contributed by atoms with E-state index >= 15 is 0 Å². The molecule has 22 heavy (non-hydrogen) atoms. The second-order valence-corrected chi connectivity index (χ2v) is 7.16. The van der Waals surface area contributed by atoms with E-state index in [4.69, 9.17) is 16.3 Å². The quantitative estimate of drug-likeness (QED) is 0.521. The van der Waals surface area contributed by atoms with E-state index in [0.29, 0.717) is 4.73 Å². The summed E-state index contributed by atoms with van der Waals surface area (Å²) in [4.78, 5) is 23.9. The highest BCUT2D eigenvalue weighted by Crippen LogP contribution is 2.16. The molecule has 0 saturated heterocycles. The average molecular weight is 329 g/mol. The fourth-order valence-electron chi connectivity index (χ4n) is 1.50. The van der Waals surface area contributed by atoms with Crippen LogP contribution in [0.4, 0.5) is 0 Å². The van der Waals surface area contributed by atoms with Crippen LogP contribution in [-0.4, -0.2) is 24.0 Å². The lowest BCUT2D eigenvalue weighted by Crippen LogP contribution is -2.51. The molecule has 7 heteroatoms. The maximum Gasteiger partial charge on any atom is 0.317 e. The van der Waals surface area contributed by atoms with Crippen molar-refractivity contribution in [2.24, 2.45) is 5.41 Å². The van der Waals surface area contributed by atoms with Gasteiger partial charge in [0.25, 0.3) is 5.69 Å². The van der Waals surface area contributed by atoms with Gasteiger partial charge in [0.1, 0.15) is 11.6 Å². The van der Waals surface area contributed by atoms with Crippen molar-refractivity contribution in [3.8, 4) is 0 Å². The smallest absolute Gasteiger partial charge is 0.317 e. The van der Waals surface area contributed by atoms with E-state index in [2.05, 4.69) is 5.32 Å². The van der Waals surface area contributed by atoms with Gasteiger partial charge in [0.2, 0.25) is 0 Å². The van der Waals surface area contributed by atoms with E-state index < -0.39 is 16.9 Å². The van der Waals surface area contributed by atoms with Crippen molar-refractivity contribution in [2.75, 3.05) is 6.61 Å². The molecule has 0 atom stereocenters. The van der Waals surface area contributed by atoms with Crippen molar-refractivity contribution in [3.05, 3.63) is 34.3 Å². The highest BCUT2D eigenvalue weighted by atomic mass is 35.5. The number of amides is 1. The second kappa shape index (κ2) is 6.52. The number of hydrogen-bond donors (Lipinski definition) is 1. The summed E-state index contributed by atoms with van der Waals surface area (Å²) in [6.07, 6.45) is 1.10. The van der Waals surface area contributed by atoms with Crippen molar-refractivity contribution in [1.82, 2.24) is 5.32 Å². The van der Waals surface area contributed by atoms with Crippen LogP contribution in [0.1, 0.15) is 45.1 Å². The molecule has 1 rings (SSSR count). The minimum atomic E-state index is -0.815. The molecule has 0 aliphatic heterocycles. The van der Waals surface area contributed by atoms with Gasteiger partial charge in [-0.25, -0.2) is 0 Å². The number of halogens is 1. The standard InChI is InChI=1S/C15H21ClN2O4/c1-14(2,3)13(20)22-9-15(4,5)17-12(19)11-7-6-10(16)8-18(11)21/h6-8H,9H2,1-5H3,(H,17,19). The molecule has 0 aliphatic rings. The molecule has 0 aliphatic carbocycles. The molecule has 0 spiro atoms. The molecular formula is C15H21ClN2O4. The molecule has 1 amide bonds. The van der Waals surface area contributed by atoms with Crippen molar-refractivity contribution >= 4 is 23.5 Å². The number of pyridine rings is 1. The largest absolute Gasteiger partial charge is 0.618 e. The lowest BCUT2D eigenvalue weighted by atomic mass is 9.97. The Kier molecular flexibility index (Phi) is 5.40. The zero-order chi connectivity index (χ0) is 17.1. The van der Waals surface area contributed by atoms with Gasteiger partial charge in [-0.2, -0.15) is 4.73 Å². The molecule has 0 radical (unpaired) electrons. The topological polar surface area (TPSA) is 82.3 Å². The molecule has 0 unspecified atom stereocenters. The number of carbonyl (C=O) groups is 2. The van der Waals surface area contributed by atoms with Gasteiger partial charge in [-0.05, 0) is 40.7 Å². The number of carbonyl (C=O) groups excluding carboxylic acids is 2.